The number of nitrogens with one attached hydrogen (secondary N) is 1. The number of hydrogen-bond acceptors (Lipinski definition) is 5. The molecule has 2 fully saturated rings. The van der Waals surface area contributed by atoms with Crippen LogP contribution >= 0.6 is 11.8 Å². The Hall–Kier alpha value is -0.620. The lowest BCUT2D eigenvalue weighted by Crippen LogP contribution is -2.23. The van der Waals surface area contributed by atoms with Crippen molar-refractivity contribution in [2.45, 2.75) is 62.6 Å². The summed E-state index contributed by atoms with van der Waals surface area (Å²) in [5, 5.41) is 16.8. The van der Waals surface area contributed by atoms with E-state index in [2.05, 4.69) is 25.5 Å². The lowest BCUT2D eigenvalue weighted by molar-refractivity contribution is 0.423. The Labute approximate surface area is 125 Å². The van der Waals surface area contributed by atoms with Crippen LogP contribution in [0.4, 0.5) is 0 Å². The van der Waals surface area contributed by atoms with Gasteiger partial charge >= 0.3 is 0 Å². The maximum Gasteiger partial charge on any atom is 0.209 e. The van der Waals surface area contributed by atoms with Crippen LogP contribution in [0.25, 0.3) is 0 Å². The van der Waals surface area contributed by atoms with E-state index in [0.717, 1.165) is 23.4 Å². The van der Waals surface area contributed by atoms with Gasteiger partial charge in [-0.1, -0.05) is 37.4 Å². The molecule has 0 radical (unpaired) electrons. The van der Waals surface area contributed by atoms with Crippen LogP contribution < -0.4 is 5.32 Å². The van der Waals surface area contributed by atoms with E-state index in [9.17, 15) is 0 Å². The van der Waals surface area contributed by atoms with Gasteiger partial charge in [-0.25, -0.2) is 4.68 Å². The van der Waals surface area contributed by atoms with Crippen molar-refractivity contribution in [3.63, 3.8) is 0 Å². The molecule has 2 aliphatic carbocycles. The van der Waals surface area contributed by atoms with Gasteiger partial charge in [0, 0.05) is 12.3 Å². The van der Waals surface area contributed by atoms with Crippen molar-refractivity contribution in [2.24, 2.45) is 5.92 Å². The Balaban J connectivity index is 1.36. The van der Waals surface area contributed by atoms with E-state index < -0.39 is 0 Å². The Morgan fingerprint density at radius 3 is 2.65 bits per heavy atom. The van der Waals surface area contributed by atoms with Gasteiger partial charge in [-0.3, -0.25) is 0 Å². The second kappa shape index (κ2) is 7.41. The molecule has 6 heteroatoms. The highest BCUT2D eigenvalue weighted by Gasteiger charge is 2.21. The molecular weight excluding hydrogens is 270 g/mol. The Bertz CT molecular complexity index is 396. The summed E-state index contributed by atoms with van der Waals surface area (Å²) in [5.41, 5.74) is 0. The fourth-order valence-corrected chi connectivity index (χ4v) is 4.23. The zero-order valence-electron chi connectivity index (χ0n) is 12.1. The van der Waals surface area contributed by atoms with Gasteiger partial charge in [-0.2, -0.15) is 0 Å². The van der Waals surface area contributed by atoms with Crippen molar-refractivity contribution in [3.8, 4) is 0 Å². The smallest absolute Gasteiger partial charge is 0.209 e. The summed E-state index contributed by atoms with van der Waals surface area (Å²) < 4.78 is 2.05. The zero-order valence-corrected chi connectivity index (χ0v) is 12.9. The van der Waals surface area contributed by atoms with E-state index in [1.54, 1.807) is 11.8 Å². The van der Waals surface area contributed by atoms with Crippen LogP contribution in [-0.4, -0.2) is 39.0 Å². The average molecular weight is 295 g/mol. The highest BCUT2D eigenvalue weighted by molar-refractivity contribution is 7.99. The number of aromatic nitrogens is 4. The molecule has 5 nitrogen and oxygen atoms in total. The molecule has 0 unspecified atom stereocenters. The number of tetrazole rings is 1. The van der Waals surface area contributed by atoms with Crippen LogP contribution in [0.5, 0.6) is 0 Å². The third-order valence-corrected chi connectivity index (χ3v) is 5.49. The highest BCUT2D eigenvalue weighted by Crippen LogP contribution is 2.31. The van der Waals surface area contributed by atoms with E-state index >= 15 is 0 Å². The predicted molar refractivity (Wildman–Crippen MR) is 80.9 cm³/mol. The van der Waals surface area contributed by atoms with E-state index in [1.807, 2.05) is 0 Å². The molecule has 0 atom stereocenters. The van der Waals surface area contributed by atoms with E-state index in [-0.39, 0.29) is 0 Å². The molecule has 0 spiro atoms. The van der Waals surface area contributed by atoms with Crippen LogP contribution in [0, 0.1) is 5.92 Å². The van der Waals surface area contributed by atoms with Gasteiger partial charge in [-0.15, -0.1) is 5.10 Å². The molecule has 0 aliphatic heterocycles. The highest BCUT2D eigenvalue weighted by atomic mass is 32.2. The van der Waals surface area contributed by atoms with E-state index in [0.29, 0.717) is 6.04 Å². The SMILES string of the molecule is C1CCC(CNCCSc2nnnn2C2CCCC2)C1. The van der Waals surface area contributed by atoms with Gasteiger partial charge in [0.15, 0.2) is 0 Å². The maximum atomic E-state index is 4.17. The average Bonchev–Trinajstić information content (AvgIpc) is 3.20. The van der Waals surface area contributed by atoms with Crippen molar-refractivity contribution in [2.75, 3.05) is 18.8 Å². The fourth-order valence-electron chi connectivity index (χ4n) is 3.39. The van der Waals surface area contributed by atoms with Gasteiger partial charge in [0.2, 0.25) is 5.16 Å². The summed E-state index contributed by atoms with van der Waals surface area (Å²) >= 11 is 1.79. The van der Waals surface area contributed by atoms with Crippen LogP contribution in [0.3, 0.4) is 0 Å². The third-order valence-electron chi connectivity index (χ3n) is 4.55. The molecule has 112 valence electrons. The minimum atomic E-state index is 0.541. The Morgan fingerprint density at radius 2 is 1.85 bits per heavy atom. The number of rotatable bonds is 7. The van der Waals surface area contributed by atoms with Crippen molar-refractivity contribution >= 4 is 11.8 Å². The first kappa shape index (κ1) is 14.3. The zero-order chi connectivity index (χ0) is 13.6. The minimum absolute atomic E-state index is 0.541. The minimum Gasteiger partial charge on any atom is -0.316 e. The standard InChI is InChI=1S/C14H25N5S/c1-2-6-12(5-1)11-15-9-10-20-14-16-17-18-19(14)13-7-3-4-8-13/h12-13,15H,1-11H2. The summed E-state index contributed by atoms with van der Waals surface area (Å²) in [6.45, 7) is 2.24. The maximum absolute atomic E-state index is 4.17. The van der Waals surface area contributed by atoms with Crippen molar-refractivity contribution in [1.29, 1.82) is 0 Å². The van der Waals surface area contributed by atoms with Crippen LogP contribution in [0.1, 0.15) is 57.4 Å². The topological polar surface area (TPSA) is 55.6 Å². The van der Waals surface area contributed by atoms with Crippen LogP contribution in [0.15, 0.2) is 5.16 Å². The first-order valence-electron chi connectivity index (χ1n) is 8.05. The summed E-state index contributed by atoms with van der Waals surface area (Å²) in [6, 6.07) is 0.541. The number of thioether (sulfide) groups is 1. The molecule has 1 heterocycles. The Kier molecular flexibility index (Phi) is 5.30. The van der Waals surface area contributed by atoms with Crippen LogP contribution in [0.2, 0.25) is 0 Å². The lowest BCUT2D eigenvalue weighted by atomic mass is 10.1. The largest absolute Gasteiger partial charge is 0.316 e. The van der Waals surface area contributed by atoms with E-state index in [1.165, 1.54) is 57.9 Å². The molecule has 3 rings (SSSR count). The second-order valence-electron chi connectivity index (χ2n) is 6.05. The van der Waals surface area contributed by atoms with Crippen LogP contribution in [-0.2, 0) is 0 Å². The van der Waals surface area contributed by atoms with Crippen molar-refractivity contribution in [3.05, 3.63) is 0 Å². The molecule has 0 amide bonds. The van der Waals surface area contributed by atoms with Gasteiger partial charge in [0.25, 0.3) is 0 Å². The first-order chi connectivity index (χ1) is 9.93. The first-order valence-corrected chi connectivity index (χ1v) is 9.03. The number of nitrogens with zero attached hydrogens (tertiary/aromatic N) is 4. The molecule has 1 aromatic heterocycles. The molecular formula is C14H25N5S. The van der Waals surface area contributed by atoms with Gasteiger partial charge in [0.1, 0.15) is 0 Å². The second-order valence-corrected chi connectivity index (χ2v) is 7.11. The molecule has 0 bridgehead atoms. The number of hydrogen-bond donors (Lipinski definition) is 1. The Morgan fingerprint density at radius 1 is 1.10 bits per heavy atom. The molecule has 0 saturated heterocycles. The monoisotopic (exact) mass is 295 g/mol. The summed E-state index contributed by atoms with van der Waals surface area (Å²) in [7, 11) is 0. The predicted octanol–water partition coefficient (Wildman–Crippen LogP) is 2.66. The molecule has 1 N–H and O–H groups in total. The molecule has 1 aromatic rings. The van der Waals surface area contributed by atoms with Gasteiger partial charge in [0.05, 0.1) is 6.04 Å². The quantitative estimate of drug-likeness (QED) is 0.619. The molecule has 20 heavy (non-hydrogen) atoms. The lowest BCUT2D eigenvalue weighted by Gasteiger charge is -2.12. The van der Waals surface area contributed by atoms with Gasteiger partial charge < -0.3 is 5.32 Å². The summed E-state index contributed by atoms with van der Waals surface area (Å²) in [6.07, 6.45) is 10.8. The molecule has 2 aliphatic rings. The molecule has 0 aromatic carbocycles. The summed E-state index contributed by atoms with van der Waals surface area (Å²) in [4.78, 5) is 0. The summed E-state index contributed by atoms with van der Waals surface area (Å²) in [5.74, 6) is 1.98. The van der Waals surface area contributed by atoms with Gasteiger partial charge in [-0.05, 0) is 48.6 Å². The third kappa shape index (κ3) is 3.73. The fraction of sp³-hybridized carbons (Fsp3) is 0.929. The normalized spacial score (nSPS) is 21.0. The van der Waals surface area contributed by atoms with Crippen molar-refractivity contribution in [1.82, 2.24) is 25.5 Å². The molecule has 2 saturated carbocycles. The van der Waals surface area contributed by atoms with Crippen molar-refractivity contribution < 1.29 is 0 Å². The van der Waals surface area contributed by atoms with E-state index in [4.69, 9.17) is 0 Å².